The van der Waals surface area contributed by atoms with Crippen LogP contribution in [0.15, 0.2) is 88.0 Å². The van der Waals surface area contributed by atoms with E-state index in [2.05, 4.69) is 15.2 Å². The summed E-state index contributed by atoms with van der Waals surface area (Å²) < 4.78 is 0. The predicted molar refractivity (Wildman–Crippen MR) is 97.4 cm³/mol. The van der Waals surface area contributed by atoms with Gasteiger partial charge in [0.2, 0.25) is 0 Å². The van der Waals surface area contributed by atoms with Crippen molar-refractivity contribution < 1.29 is 5.11 Å². The highest BCUT2D eigenvalue weighted by atomic mass is 35.5. The molecular formula is C19H14ClN3O. The standard InChI is InChI=1S/C19H14ClN3O/c20-15-9-11-16(12-10-15)22-23-18-7-3-2-6-17(18)21-13-14-5-1-4-8-19(14)24/h1-13,24H. The average Bonchev–Trinajstić information content (AvgIpc) is 2.61. The summed E-state index contributed by atoms with van der Waals surface area (Å²) in [6.45, 7) is 0. The molecular weight excluding hydrogens is 322 g/mol. The van der Waals surface area contributed by atoms with Crippen LogP contribution in [0, 0.1) is 0 Å². The third kappa shape index (κ3) is 4.06. The molecule has 24 heavy (non-hydrogen) atoms. The van der Waals surface area contributed by atoms with Crippen molar-refractivity contribution in [1.82, 2.24) is 0 Å². The molecule has 0 fully saturated rings. The number of hydrogen-bond donors (Lipinski definition) is 1. The lowest BCUT2D eigenvalue weighted by Crippen LogP contribution is -1.80. The SMILES string of the molecule is Oc1ccccc1C=Nc1ccccc1N=Nc1ccc(Cl)cc1. The normalized spacial score (nSPS) is 11.4. The van der Waals surface area contributed by atoms with E-state index >= 15 is 0 Å². The topological polar surface area (TPSA) is 57.3 Å². The van der Waals surface area contributed by atoms with Crippen molar-refractivity contribution in [3.05, 3.63) is 83.4 Å². The Bertz CT molecular complexity index is 889. The molecule has 118 valence electrons. The molecule has 3 aromatic rings. The lowest BCUT2D eigenvalue weighted by Gasteiger charge is -2.00. The zero-order valence-corrected chi connectivity index (χ0v) is 13.4. The zero-order chi connectivity index (χ0) is 16.8. The maximum Gasteiger partial charge on any atom is 0.124 e. The zero-order valence-electron chi connectivity index (χ0n) is 12.7. The van der Waals surface area contributed by atoms with E-state index in [9.17, 15) is 5.11 Å². The minimum Gasteiger partial charge on any atom is -0.507 e. The highest BCUT2D eigenvalue weighted by Crippen LogP contribution is 2.29. The maximum absolute atomic E-state index is 9.79. The van der Waals surface area contributed by atoms with Gasteiger partial charge in [0.1, 0.15) is 11.4 Å². The molecule has 0 saturated heterocycles. The van der Waals surface area contributed by atoms with Gasteiger partial charge in [0, 0.05) is 16.8 Å². The van der Waals surface area contributed by atoms with Gasteiger partial charge in [0.25, 0.3) is 0 Å². The number of rotatable bonds is 4. The number of para-hydroxylation sites is 2. The quantitative estimate of drug-likeness (QED) is 0.447. The van der Waals surface area contributed by atoms with Gasteiger partial charge in [-0.25, -0.2) is 0 Å². The second-order valence-electron chi connectivity index (χ2n) is 4.98. The van der Waals surface area contributed by atoms with Crippen molar-refractivity contribution in [3.63, 3.8) is 0 Å². The molecule has 4 nitrogen and oxygen atoms in total. The van der Waals surface area contributed by atoms with Crippen LogP contribution in [0.2, 0.25) is 5.02 Å². The molecule has 0 aliphatic heterocycles. The van der Waals surface area contributed by atoms with Crippen molar-refractivity contribution in [2.75, 3.05) is 0 Å². The lowest BCUT2D eigenvalue weighted by molar-refractivity contribution is 0.474. The van der Waals surface area contributed by atoms with Crippen LogP contribution in [0.1, 0.15) is 5.56 Å². The Morgan fingerprint density at radius 2 is 1.42 bits per heavy atom. The van der Waals surface area contributed by atoms with Crippen LogP contribution in [0.25, 0.3) is 0 Å². The fourth-order valence-electron chi connectivity index (χ4n) is 2.01. The Labute approximate surface area is 144 Å². The summed E-state index contributed by atoms with van der Waals surface area (Å²) in [6, 6.07) is 21.5. The van der Waals surface area contributed by atoms with Gasteiger partial charge in [-0.05, 0) is 48.5 Å². The van der Waals surface area contributed by atoms with Crippen molar-refractivity contribution in [1.29, 1.82) is 0 Å². The molecule has 0 saturated carbocycles. The lowest BCUT2D eigenvalue weighted by atomic mass is 10.2. The van der Waals surface area contributed by atoms with Gasteiger partial charge in [-0.3, -0.25) is 4.99 Å². The fourth-order valence-corrected chi connectivity index (χ4v) is 2.14. The Morgan fingerprint density at radius 1 is 0.750 bits per heavy atom. The average molecular weight is 336 g/mol. The molecule has 0 bridgehead atoms. The summed E-state index contributed by atoms with van der Waals surface area (Å²) in [6.07, 6.45) is 1.60. The maximum atomic E-state index is 9.79. The summed E-state index contributed by atoms with van der Waals surface area (Å²) >= 11 is 5.85. The Kier molecular flexibility index (Phi) is 4.99. The molecule has 0 aromatic heterocycles. The molecule has 5 heteroatoms. The first-order valence-electron chi connectivity index (χ1n) is 7.31. The number of phenolic OH excluding ortho intramolecular Hbond substituents is 1. The van der Waals surface area contributed by atoms with E-state index in [1.807, 2.05) is 30.3 Å². The molecule has 1 N–H and O–H groups in total. The molecule has 0 atom stereocenters. The Balaban J connectivity index is 1.85. The van der Waals surface area contributed by atoms with Gasteiger partial charge >= 0.3 is 0 Å². The predicted octanol–water partition coefficient (Wildman–Crippen LogP) is 6.21. The molecule has 0 aliphatic rings. The number of phenols is 1. The highest BCUT2D eigenvalue weighted by Gasteiger charge is 2.00. The van der Waals surface area contributed by atoms with Crippen LogP contribution in [0.3, 0.4) is 0 Å². The second kappa shape index (κ2) is 7.53. The summed E-state index contributed by atoms with van der Waals surface area (Å²) in [4.78, 5) is 4.40. The second-order valence-corrected chi connectivity index (χ2v) is 5.42. The van der Waals surface area contributed by atoms with Gasteiger partial charge in [-0.15, -0.1) is 5.11 Å². The van der Waals surface area contributed by atoms with E-state index in [4.69, 9.17) is 11.6 Å². The first-order chi connectivity index (χ1) is 11.7. The van der Waals surface area contributed by atoms with Crippen molar-refractivity contribution >= 4 is 34.9 Å². The third-order valence-corrected chi connectivity index (χ3v) is 3.51. The number of benzene rings is 3. The van der Waals surface area contributed by atoms with Crippen LogP contribution >= 0.6 is 11.6 Å². The van der Waals surface area contributed by atoms with E-state index in [0.29, 0.717) is 27.6 Å². The van der Waals surface area contributed by atoms with Crippen LogP contribution < -0.4 is 0 Å². The number of hydrogen-bond acceptors (Lipinski definition) is 4. The van der Waals surface area contributed by atoms with E-state index in [1.165, 1.54) is 0 Å². The van der Waals surface area contributed by atoms with Crippen molar-refractivity contribution in [2.24, 2.45) is 15.2 Å². The number of nitrogens with zero attached hydrogens (tertiary/aromatic N) is 3. The molecule has 0 amide bonds. The first-order valence-corrected chi connectivity index (χ1v) is 7.68. The molecule has 0 unspecified atom stereocenters. The fraction of sp³-hybridized carbons (Fsp3) is 0. The van der Waals surface area contributed by atoms with E-state index < -0.39 is 0 Å². The van der Waals surface area contributed by atoms with Gasteiger partial charge in [-0.2, -0.15) is 5.11 Å². The van der Waals surface area contributed by atoms with Crippen LogP contribution in [0.4, 0.5) is 17.1 Å². The molecule has 0 spiro atoms. The summed E-state index contributed by atoms with van der Waals surface area (Å²) in [5, 5.41) is 18.9. The monoisotopic (exact) mass is 335 g/mol. The molecule has 0 heterocycles. The molecule has 0 aliphatic carbocycles. The Morgan fingerprint density at radius 3 is 2.17 bits per heavy atom. The Hall–Kier alpha value is -2.98. The minimum atomic E-state index is 0.182. The first kappa shape index (κ1) is 15.9. The minimum absolute atomic E-state index is 0.182. The van der Waals surface area contributed by atoms with Gasteiger partial charge in [0.15, 0.2) is 0 Å². The smallest absolute Gasteiger partial charge is 0.124 e. The van der Waals surface area contributed by atoms with Gasteiger partial charge < -0.3 is 5.11 Å². The van der Waals surface area contributed by atoms with Crippen LogP contribution in [-0.2, 0) is 0 Å². The van der Waals surface area contributed by atoms with Crippen molar-refractivity contribution in [3.8, 4) is 5.75 Å². The number of azo groups is 1. The molecule has 3 rings (SSSR count). The number of halogens is 1. The van der Waals surface area contributed by atoms with E-state index in [-0.39, 0.29) is 5.75 Å². The van der Waals surface area contributed by atoms with Gasteiger partial charge in [-0.1, -0.05) is 35.9 Å². The number of aliphatic imine (C=N–C) groups is 1. The van der Waals surface area contributed by atoms with Crippen LogP contribution in [0.5, 0.6) is 5.75 Å². The van der Waals surface area contributed by atoms with E-state index in [1.54, 1.807) is 48.7 Å². The highest BCUT2D eigenvalue weighted by molar-refractivity contribution is 6.30. The summed E-state index contributed by atoms with van der Waals surface area (Å²) in [5.74, 6) is 0.182. The third-order valence-electron chi connectivity index (χ3n) is 3.26. The van der Waals surface area contributed by atoms with E-state index in [0.717, 1.165) is 0 Å². The van der Waals surface area contributed by atoms with Gasteiger partial charge in [0.05, 0.1) is 11.4 Å². The molecule has 3 aromatic carbocycles. The summed E-state index contributed by atoms with van der Waals surface area (Å²) in [7, 11) is 0. The molecule has 0 radical (unpaired) electrons. The van der Waals surface area contributed by atoms with Crippen LogP contribution in [-0.4, -0.2) is 11.3 Å². The largest absolute Gasteiger partial charge is 0.507 e. The summed E-state index contributed by atoms with van der Waals surface area (Å²) in [5.41, 5.74) is 2.65. The van der Waals surface area contributed by atoms with Crippen molar-refractivity contribution in [2.45, 2.75) is 0 Å². The number of aromatic hydroxyl groups is 1.